The number of hydrogen-bond donors (Lipinski definition) is 1. The molecule has 3 aromatic rings. The summed E-state index contributed by atoms with van der Waals surface area (Å²) in [4.78, 5) is 1.22. The molecule has 0 radical (unpaired) electrons. The number of hydrogen-bond acceptors (Lipinski definition) is 7. The predicted molar refractivity (Wildman–Crippen MR) is 176 cm³/mol. The molecule has 2 heterocycles. The smallest absolute Gasteiger partial charge is 0.198 e. The van der Waals surface area contributed by atoms with Gasteiger partial charge in [-0.05, 0) is 42.8 Å². The van der Waals surface area contributed by atoms with Crippen molar-refractivity contribution in [1.82, 2.24) is 0 Å². The van der Waals surface area contributed by atoms with Crippen LogP contribution in [0, 0.1) is 0 Å². The summed E-state index contributed by atoms with van der Waals surface area (Å²) in [5.74, 6) is -0.293. The van der Waals surface area contributed by atoms with Crippen molar-refractivity contribution in [2.24, 2.45) is 0 Å². The molecule has 4 rings (SSSR count). The molecule has 3 atom stereocenters. The minimum Gasteiger partial charge on any atom is -0.493 e. The van der Waals surface area contributed by atoms with Crippen LogP contribution in [0.4, 0.5) is 0 Å². The van der Waals surface area contributed by atoms with Crippen molar-refractivity contribution in [2.75, 3.05) is 33.0 Å². The van der Waals surface area contributed by atoms with Gasteiger partial charge in [0.05, 0.1) is 31.0 Å². The molecule has 7 heteroatoms. The Morgan fingerprint density at radius 2 is 1.74 bits per heavy atom. The van der Waals surface area contributed by atoms with Crippen LogP contribution >= 0.6 is 11.3 Å². The van der Waals surface area contributed by atoms with Crippen LogP contribution in [-0.2, 0) is 26.4 Å². The molecule has 0 bridgehead atoms. The SMILES string of the molecule is C=CCOc1cc(OCCCC)c(C2(O)C[C@@H](OCCCC)C[C@@H](COCCCC)O2)cc1Cc1cc2ccccc2s1. The van der Waals surface area contributed by atoms with Crippen LogP contribution in [0.25, 0.3) is 10.1 Å². The molecule has 1 saturated heterocycles. The van der Waals surface area contributed by atoms with Crippen LogP contribution in [-0.4, -0.2) is 50.3 Å². The molecule has 1 N–H and O–H groups in total. The van der Waals surface area contributed by atoms with Crippen LogP contribution in [0.5, 0.6) is 11.5 Å². The van der Waals surface area contributed by atoms with Crippen molar-refractivity contribution < 1.29 is 28.8 Å². The van der Waals surface area contributed by atoms with E-state index in [1.807, 2.05) is 12.1 Å². The van der Waals surface area contributed by atoms with Gasteiger partial charge in [0, 0.05) is 53.7 Å². The number of benzene rings is 2. The molecular formula is C36H50O6S. The minimum atomic E-state index is -1.60. The van der Waals surface area contributed by atoms with Crippen LogP contribution < -0.4 is 9.47 Å². The Morgan fingerprint density at radius 1 is 0.977 bits per heavy atom. The molecular weight excluding hydrogens is 560 g/mol. The normalized spacial score (nSPS) is 20.4. The highest BCUT2D eigenvalue weighted by Crippen LogP contribution is 2.44. The minimum absolute atomic E-state index is 0.156. The lowest BCUT2D eigenvalue weighted by molar-refractivity contribution is -0.292. The number of aliphatic hydroxyl groups is 1. The second kappa shape index (κ2) is 17.2. The van der Waals surface area contributed by atoms with Crippen LogP contribution in [0.1, 0.15) is 88.1 Å². The van der Waals surface area contributed by atoms with Gasteiger partial charge >= 0.3 is 0 Å². The van der Waals surface area contributed by atoms with Gasteiger partial charge in [0.1, 0.15) is 18.1 Å². The Hall–Kier alpha value is -2.42. The van der Waals surface area contributed by atoms with Crippen molar-refractivity contribution in [2.45, 2.75) is 96.6 Å². The Morgan fingerprint density at radius 3 is 2.51 bits per heavy atom. The molecule has 1 unspecified atom stereocenters. The first-order chi connectivity index (χ1) is 21.0. The second-order valence-corrected chi connectivity index (χ2v) is 12.6. The van der Waals surface area contributed by atoms with E-state index in [-0.39, 0.29) is 12.2 Å². The zero-order valence-electron chi connectivity index (χ0n) is 26.3. The Bertz CT molecular complexity index is 1240. The fourth-order valence-electron chi connectivity index (χ4n) is 5.41. The first-order valence-electron chi connectivity index (χ1n) is 16.1. The van der Waals surface area contributed by atoms with Crippen LogP contribution in [0.2, 0.25) is 0 Å². The number of rotatable bonds is 19. The quantitative estimate of drug-likeness (QED) is 0.108. The fraction of sp³-hybridized carbons (Fsp3) is 0.556. The monoisotopic (exact) mass is 610 g/mol. The molecule has 1 aromatic heterocycles. The first-order valence-corrected chi connectivity index (χ1v) is 16.9. The van der Waals surface area contributed by atoms with E-state index in [9.17, 15) is 5.11 Å². The molecule has 0 spiro atoms. The van der Waals surface area contributed by atoms with Crippen molar-refractivity contribution in [3.63, 3.8) is 0 Å². The van der Waals surface area contributed by atoms with E-state index >= 15 is 0 Å². The van der Waals surface area contributed by atoms with E-state index in [4.69, 9.17) is 23.7 Å². The zero-order valence-corrected chi connectivity index (χ0v) is 27.1. The molecule has 0 amide bonds. The van der Waals surface area contributed by atoms with E-state index < -0.39 is 5.79 Å². The summed E-state index contributed by atoms with van der Waals surface area (Å²) in [6.45, 7) is 12.9. The predicted octanol–water partition coefficient (Wildman–Crippen LogP) is 8.56. The van der Waals surface area contributed by atoms with Gasteiger partial charge in [-0.3, -0.25) is 0 Å². The second-order valence-electron chi connectivity index (χ2n) is 11.4. The third kappa shape index (κ3) is 9.53. The van der Waals surface area contributed by atoms with Crippen molar-refractivity contribution in [3.05, 3.63) is 71.1 Å². The summed E-state index contributed by atoms with van der Waals surface area (Å²) in [6, 6.07) is 14.6. The molecule has 0 aliphatic carbocycles. The van der Waals surface area contributed by atoms with E-state index in [0.717, 1.165) is 49.8 Å². The average molecular weight is 611 g/mol. The lowest BCUT2D eigenvalue weighted by Crippen LogP contribution is -2.47. The van der Waals surface area contributed by atoms with Crippen LogP contribution in [0.3, 0.4) is 0 Å². The van der Waals surface area contributed by atoms with Gasteiger partial charge in [0.25, 0.3) is 0 Å². The van der Waals surface area contributed by atoms with Gasteiger partial charge < -0.3 is 28.8 Å². The van der Waals surface area contributed by atoms with E-state index in [1.165, 1.54) is 15.0 Å². The maximum Gasteiger partial charge on any atom is 0.198 e. The van der Waals surface area contributed by atoms with E-state index in [1.54, 1.807) is 17.4 Å². The van der Waals surface area contributed by atoms with Gasteiger partial charge in [-0.1, -0.05) is 70.9 Å². The van der Waals surface area contributed by atoms with Gasteiger partial charge in [-0.2, -0.15) is 0 Å². The highest BCUT2D eigenvalue weighted by atomic mass is 32.1. The number of unbranched alkanes of at least 4 members (excludes halogenated alkanes) is 3. The van der Waals surface area contributed by atoms with Crippen molar-refractivity contribution >= 4 is 21.4 Å². The van der Waals surface area contributed by atoms with Crippen molar-refractivity contribution in [3.8, 4) is 11.5 Å². The molecule has 1 fully saturated rings. The summed E-state index contributed by atoms with van der Waals surface area (Å²) in [6.07, 6.45) is 8.96. The summed E-state index contributed by atoms with van der Waals surface area (Å²) < 4.78 is 32.5. The van der Waals surface area contributed by atoms with Gasteiger partial charge in [-0.15, -0.1) is 11.3 Å². The molecule has 43 heavy (non-hydrogen) atoms. The van der Waals surface area contributed by atoms with E-state index in [0.29, 0.717) is 63.6 Å². The molecule has 2 aromatic carbocycles. The molecule has 0 saturated carbocycles. The van der Waals surface area contributed by atoms with Crippen LogP contribution in [0.15, 0.2) is 55.1 Å². The molecule has 1 aliphatic heterocycles. The summed E-state index contributed by atoms with van der Waals surface area (Å²) in [5, 5.41) is 13.6. The maximum atomic E-state index is 12.4. The number of ether oxygens (including phenoxy) is 5. The molecule has 6 nitrogen and oxygen atoms in total. The summed E-state index contributed by atoms with van der Waals surface area (Å²) in [5.41, 5.74) is 1.58. The third-order valence-corrected chi connectivity index (χ3v) is 8.84. The largest absolute Gasteiger partial charge is 0.493 e. The topological polar surface area (TPSA) is 66.4 Å². The lowest BCUT2D eigenvalue weighted by Gasteiger charge is -2.42. The third-order valence-electron chi connectivity index (χ3n) is 7.73. The Balaban J connectivity index is 1.72. The van der Waals surface area contributed by atoms with Crippen molar-refractivity contribution in [1.29, 1.82) is 0 Å². The first kappa shape index (κ1) is 33.5. The Labute approximate surface area is 262 Å². The lowest BCUT2D eigenvalue weighted by atomic mass is 9.90. The number of thiophene rings is 1. The van der Waals surface area contributed by atoms with Gasteiger partial charge in [0.15, 0.2) is 5.79 Å². The zero-order chi connectivity index (χ0) is 30.5. The average Bonchev–Trinajstić information content (AvgIpc) is 3.41. The highest BCUT2D eigenvalue weighted by Gasteiger charge is 2.44. The van der Waals surface area contributed by atoms with E-state index in [2.05, 4.69) is 57.7 Å². The molecule has 236 valence electrons. The summed E-state index contributed by atoms with van der Waals surface area (Å²) >= 11 is 1.77. The van der Waals surface area contributed by atoms with Gasteiger partial charge in [-0.25, -0.2) is 0 Å². The number of fused-ring (bicyclic) bond motifs is 1. The molecule has 1 aliphatic rings. The summed E-state index contributed by atoms with van der Waals surface area (Å²) in [7, 11) is 0. The Kier molecular flexibility index (Phi) is 13.4. The highest BCUT2D eigenvalue weighted by molar-refractivity contribution is 7.19. The fourth-order valence-corrected chi connectivity index (χ4v) is 6.49. The van der Waals surface area contributed by atoms with Gasteiger partial charge in [0.2, 0.25) is 0 Å². The standard InChI is InChI=1S/C36H50O6S/c1-5-9-17-38-26-30-23-29(39-18-10-6-2)25-36(37,42-30)32-22-28(21-31-20-27-14-12-13-15-35(27)43-31)33(40-16-8-4)24-34(32)41-19-11-7-3/h8,12-15,20,22,24,29-30,37H,4-7,9-11,16-19,21,23,25-26H2,1-3H3/t29-,30-,36?/m0/s1. The maximum absolute atomic E-state index is 12.4.